The van der Waals surface area contributed by atoms with E-state index in [0.717, 1.165) is 0 Å². The summed E-state index contributed by atoms with van der Waals surface area (Å²) in [6, 6.07) is 13.4. The molecule has 0 unspecified atom stereocenters. The van der Waals surface area contributed by atoms with Crippen LogP contribution >= 0.6 is 0 Å². The number of nitrogens with zero attached hydrogens (tertiary/aromatic N) is 2. The summed E-state index contributed by atoms with van der Waals surface area (Å²) in [6.45, 7) is 2.81. The van der Waals surface area contributed by atoms with Crippen LogP contribution in [0.4, 0.5) is 15.8 Å². The quantitative estimate of drug-likeness (QED) is 0.818. The summed E-state index contributed by atoms with van der Waals surface area (Å²) >= 11 is 0. The molecule has 2 aromatic carbocycles. The highest BCUT2D eigenvalue weighted by Crippen LogP contribution is 2.20. The lowest BCUT2D eigenvalue weighted by Gasteiger charge is -2.35. The molecule has 1 amide bonds. The first-order chi connectivity index (χ1) is 13.1. The standard InChI is InChI=1S/C20H22FN3O3/c1-27-20(26)15-6-2-4-8-17(15)22-19(25)14-23-10-12-24(13-11-23)18-9-5-3-7-16(18)21/h2-9H,10-14H2,1H3,(H,22,25). The fraction of sp³-hybridized carbons (Fsp3) is 0.300. The van der Waals surface area contributed by atoms with E-state index in [2.05, 4.69) is 5.32 Å². The minimum Gasteiger partial charge on any atom is -0.465 e. The maximum absolute atomic E-state index is 13.9. The van der Waals surface area contributed by atoms with Crippen molar-refractivity contribution in [3.8, 4) is 0 Å². The van der Waals surface area contributed by atoms with Crippen LogP contribution in [0.25, 0.3) is 0 Å². The van der Waals surface area contributed by atoms with Gasteiger partial charge in [-0.1, -0.05) is 24.3 Å². The Balaban J connectivity index is 1.55. The number of carbonyl (C=O) groups is 2. The minimum atomic E-state index is -0.496. The second kappa shape index (κ2) is 8.64. The van der Waals surface area contributed by atoms with Crippen LogP contribution in [0.5, 0.6) is 0 Å². The van der Waals surface area contributed by atoms with E-state index in [1.807, 2.05) is 15.9 Å². The van der Waals surface area contributed by atoms with E-state index in [1.54, 1.807) is 36.4 Å². The van der Waals surface area contributed by atoms with Gasteiger partial charge in [0.15, 0.2) is 0 Å². The molecule has 2 aromatic rings. The lowest BCUT2D eigenvalue weighted by atomic mass is 10.2. The first-order valence-electron chi connectivity index (χ1n) is 8.77. The number of carbonyl (C=O) groups excluding carboxylic acids is 2. The molecule has 0 aromatic heterocycles. The lowest BCUT2D eigenvalue weighted by Crippen LogP contribution is -2.49. The van der Waals surface area contributed by atoms with Crippen LogP contribution < -0.4 is 10.2 Å². The van der Waals surface area contributed by atoms with Crippen LogP contribution in [0.2, 0.25) is 0 Å². The van der Waals surface area contributed by atoms with Gasteiger partial charge in [-0.2, -0.15) is 0 Å². The fourth-order valence-electron chi connectivity index (χ4n) is 3.13. The van der Waals surface area contributed by atoms with Gasteiger partial charge >= 0.3 is 5.97 Å². The van der Waals surface area contributed by atoms with Crippen molar-refractivity contribution in [2.45, 2.75) is 0 Å². The molecule has 0 radical (unpaired) electrons. The molecule has 1 heterocycles. The van der Waals surface area contributed by atoms with Crippen molar-refractivity contribution >= 4 is 23.3 Å². The number of piperazine rings is 1. The molecule has 1 aliphatic heterocycles. The Hall–Kier alpha value is -2.93. The largest absolute Gasteiger partial charge is 0.465 e. The molecular formula is C20H22FN3O3. The molecule has 3 rings (SSSR count). The molecule has 1 saturated heterocycles. The third-order valence-corrected chi connectivity index (χ3v) is 4.54. The summed E-state index contributed by atoms with van der Waals surface area (Å²) in [5.74, 6) is -0.932. The predicted molar refractivity (Wildman–Crippen MR) is 101 cm³/mol. The summed E-state index contributed by atoms with van der Waals surface area (Å²) in [5.41, 5.74) is 1.34. The van der Waals surface area contributed by atoms with Gasteiger partial charge in [-0.25, -0.2) is 9.18 Å². The predicted octanol–water partition coefficient (Wildman–Crippen LogP) is 2.37. The molecule has 7 heteroatoms. The number of halogens is 1. The fourth-order valence-corrected chi connectivity index (χ4v) is 3.13. The summed E-state index contributed by atoms with van der Waals surface area (Å²) in [7, 11) is 1.30. The number of nitrogens with one attached hydrogen (secondary N) is 1. The molecule has 27 heavy (non-hydrogen) atoms. The summed E-state index contributed by atoms with van der Waals surface area (Å²) in [4.78, 5) is 28.1. The lowest BCUT2D eigenvalue weighted by molar-refractivity contribution is -0.117. The highest BCUT2D eigenvalue weighted by Gasteiger charge is 2.21. The number of methoxy groups -OCH3 is 1. The topological polar surface area (TPSA) is 61.9 Å². The highest BCUT2D eigenvalue weighted by molar-refractivity contribution is 6.01. The number of ether oxygens (including phenoxy) is 1. The van der Waals surface area contributed by atoms with Crippen molar-refractivity contribution in [1.82, 2.24) is 4.90 Å². The number of hydrogen-bond acceptors (Lipinski definition) is 5. The van der Waals surface area contributed by atoms with E-state index in [-0.39, 0.29) is 18.3 Å². The minimum absolute atomic E-state index is 0.203. The maximum atomic E-state index is 13.9. The summed E-state index contributed by atoms with van der Waals surface area (Å²) in [5, 5.41) is 2.77. The van der Waals surface area contributed by atoms with Gasteiger partial charge in [-0.15, -0.1) is 0 Å². The second-order valence-corrected chi connectivity index (χ2v) is 6.30. The van der Waals surface area contributed by atoms with Crippen molar-refractivity contribution in [1.29, 1.82) is 0 Å². The molecule has 142 valence electrons. The number of rotatable bonds is 5. The molecule has 0 spiro atoms. The Morgan fingerprint density at radius 1 is 1.04 bits per heavy atom. The van der Waals surface area contributed by atoms with Gasteiger partial charge in [-0.05, 0) is 24.3 Å². The van der Waals surface area contributed by atoms with Crippen molar-refractivity contribution in [2.75, 3.05) is 50.1 Å². The van der Waals surface area contributed by atoms with E-state index >= 15 is 0 Å². The van der Waals surface area contributed by atoms with Crippen LogP contribution in [-0.4, -0.2) is 56.6 Å². The van der Waals surface area contributed by atoms with E-state index in [0.29, 0.717) is 43.1 Å². The normalized spacial score (nSPS) is 14.7. The van der Waals surface area contributed by atoms with E-state index in [9.17, 15) is 14.0 Å². The molecule has 1 aliphatic rings. The molecule has 0 atom stereocenters. The van der Waals surface area contributed by atoms with E-state index in [4.69, 9.17) is 4.74 Å². The van der Waals surface area contributed by atoms with Crippen molar-refractivity contribution in [3.05, 3.63) is 59.9 Å². The molecule has 1 fully saturated rings. The van der Waals surface area contributed by atoms with Crippen molar-refractivity contribution < 1.29 is 18.7 Å². The average molecular weight is 371 g/mol. The number of amides is 1. The van der Waals surface area contributed by atoms with Gasteiger partial charge in [0, 0.05) is 26.2 Å². The number of esters is 1. The van der Waals surface area contributed by atoms with Crippen LogP contribution in [0.3, 0.4) is 0 Å². The van der Waals surface area contributed by atoms with Gasteiger partial charge in [0.05, 0.1) is 30.6 Å². The maximum Gasteiger partial charge on any atom is 0.339 e. The number of hydrogen-bond donors (Lipinski definition) is 1. The van der Waals surface area contributed by atoms with E-state index < -0.39 is 5.97 Å². The Kier molecular flexibility index (Phi) is 6.03. The van der Waals surface area contributed by atoms with Gasteiger partial charge in [0.1, 0.15) is 5.82 Å². The monoisotopic (exact) mass is 371 g/mol. The summed E-state index contributed by atoms with van der Waals surface area (Å²) < 4.78 is 18.6. The van der Waals surface area contributed by atoms with Crippen LogP contribution in [0, 0.1) is 5.82 Å². The van der Waals surface area contributed by atoms with Crippen LogP contribution in [-0.2, 0) is 9.53 Å². The number of anilines is 2. The molecule has 1 N–H and O–H groups in total. The molecule has 0 aliphatic carbocycles. The Morgan fingerprint density at radius 2 is 1.70 bits per heavy atom. The van der Waals surface area contributed by atoms with Crippen LogP contribution in [0.15, 0.2) is 48.5 Å². The SMILES string of the molecule is COC(=O)c1ccccc1NC(=O)CN1CCN(c2ccccc2F)CC1. The van der Waals surface area contributed by atoms with Crippen molar-refractivity contribution in [3.63, 3.8) is 0 Å². The van der Waals surface area contributed by atoms with Gasteiger partial charge < -0.3 is 15.0 Å². The zero-order valence-electron chi connectivity index (χ0n) is 15.2. The number of para-hydroxylation sites is 2. The third-order valence-electron chi connectivity index (χ3n) is 4.54. The molecular weight excluding hydrogens is 349 g/mol. The molecule has 0 bridgehead atoms. The first-order valence-corrected chi connectivity index (χ1v) is 8.77. The highest BCUT2D eigenvalue weighted by atomic mass is 19.1. The average Bonchev–Trinajstić information content (AvgIpc) is 2.69. The van der Waals surface area contributed by atoms with Gasteiger partial charge in [-0.3, -0.25) is 9.69 Å². The smallest absolute Gasteiger partial charge is 0.339 e. The molecule has 0 saturated carbocycles. The summed E-state index contributed by atoms with van der Waals surface area (Å²) in [6.07, 6.45) is 0. The Morgan fingerprint density at radius 3 is 2.41 bits per heavy atom. The second-order valence-electron chi connectivity index (χ2n) is 6.30. The van der Waals surface area contributed by atoms with Crippen LogP contribution in [0.1, 0.15) is 10.4 Å². The third kappa shape index (κ3) is 4.62. The zero-order chi connectivity index (χ0) is 19.2. The first kappa shape index (κ1) is 18.8. The zero-order valence-corrected chi connectivity index (χ0v) is 15.2. The molecule has 6 nitrogen and oxygen atoms in total. The van der Waals surface area contributed by atoms with Crippen molar-refractivity contribution in [2.24, 2.45) is 0 Å². The Labute approximate surface area is 157 Å². The van der Waals surface area contributed by atoms with Gasteiger partial charge in [0.25, 0.3) is 0 Å². The number of benzene rings is 2. The van der Waals surface area contributed by atoms with E-state index in [1.165, 1.54) is 13.2 Å². The van der Waals surface area contributed by atoms with Gasteiger partial charge in [0.2, 0.25) is 5.91 Å². The Bertz CT molecular complexity index is 820.